The van der Waals surface area contributed by atoms with Crippen LogP contribution in [0.15, 0.2) is 0 Å². The second-order valence-corrected chi connectivity index (χ2v) is 4.47. The molecule has 1 unspecified atom stereocenters. The van der Waals surface area contributed by atoms with E-state index >= 15 is 0 Å². The first-order chi connectivity index (χ1) is 3.81. The van der Waals surface area contributed by atoms with E-state index in [4.69, 9.17) is 0 Å². The molecule has 0 amide bonds. The van der Waals surface area contributed by atoms with Gasteiger partial charge in [0, 0.05) is 4.58 Å². The first-order valence-corrected chi connectivity index (χ1v) is 5.71. The van der Waals surface area contributed by atoms with Gasteiger partial charge in [-0.15, -0.1) is 0 Å². The van der Waals surface area contributed by atoms with Crippen molar-refractivity contribution in [3.8, 4) is 0 Å². The highest BCUT2D eigenvalue weighted by atomic mass is 32.2. The van der Waals surface area contributed by atoms with Crippen LogP contribution in [0.1, 0.15) is 6.42 Å². The van der Waals surface area contributed by atoms with Gasteiger partial charge in [0.05, 0.1) is 0 Å². The Morgan fingerprint density at radius 3 is 2.50 bits per heavy atom. The molecule has 1 atom stereocenters. The highest BCUT2D eigenvalue weighted by molar-refractivity contribution is 8.09. The Labute approximate surface area is 65.6 Å². The Morgan fingerprint density at radius 2 is 2.12 bits per heavy atom. The summed E-state index contributed by atoms with van der Waals surface area (Å²) in [4.78, 5) is 0. The molecule has 0 aromatic heterocycles. The van der Waals surface area contributed by atoms with Crippen molar-refractivity contribution in [2.75, 3.05) is 18.3 Å². The first kappa shape index (κ1) is 9.05. The van der Waals surface area contributed by atoms with Crippen LogP contribution in [0.5, 0.6) is 0 Å². The molecule has 0 radical (unpaired) electrons. The molecule has 0 N–H and O–H groups in total. The van der Waals surface area contributed by atoms with E-state index in [1.807, 2.05) is 23.5 Å². The van der Waals surface area contributed by atoms with E-state index < -0.39 is 0 Å². The summed E-state index contributed by atoms with van der Waals surface area (Å²) in [7, 11) is 0. The van der Waals surface area contributed by atoms with Crippen LogP contribution < -0.4 is 0 Å². The maximum atomic E-state index is 4.31. The number of rotatable bonds is 4. The molecule has 3 heteroatoms. The van der Waals surface area contributed by atoms with Crippen LogP contribution >= 0.6 is 36.2 Å². The second kappa shape index (κ2) is 6.17. The molecule has 0 saturated carbocycles. The van der Waals surface area contributed by atoms with Gasteiger partial charge in [-0.2, -0.15) is 36.2 Å². The molecule has 0 rings (SSSR count). The number of thiol groups is 1. The Hall–Kier alpha value is 1.05. The van der Waals surface area contributed by atoms with Gasteiger partial charge in [-0.25, -0.2) is 0 Å². The molecule has 50 valence electrons. The van der Waals surface area contributed by atoms with E-state index in [0.717, 1.165) is 0 Å². The minimum absolute atomic E-state index is 0.544. The molecule has 0 fully saturated rings. The van der Waals surface area contributed by atoms with Crippen LogP contribution in [0.3, 0.4) is 0 Å². The summed E-state index contributed by atoms with van der Waals surface area (Å²) >= 11 is 8.01. The lowest BCUT2D eigenvalue weighted by Crippen LogP contribution is -1.91. The SMILES string of the molecule is CSCCC(S)SC. The third-order valence-electron chi connectivity index (χ3n) is 0.841. The molecule has 0 aromatic rings. The van der Waals surface area contributed by atoms with Gasteiger partial charge in [0.15, 0.2) is 0 Å². The molecule has 0 heterocycles. The van der Waals surface area contributed by atoms with Gasteiger partial charge in [0.25, 0.3) is 0 Å². The normalized spacial score (nSPS) is 13.9. The van der Waals surface area contributed by atoms with Crippen LogP contribution in [0, 0.1) is 0 Å². The van der Waals surface area contributed by atoms with Crippen LogP contribution in [0.4, 0.5) is 0 Å². The lowest BCUT2D eigenvalue weighted by atomic mass is 10.6. The summed E-state index contributed by atoms with van der Waals surface area (Å²) in [5, 5.41) is 0. The third-order valence-corrected chi connectivity index (χ3v) is 3.16. The van der Waals surface area contributed by atoms with Crippen molar-refractivity contribution >= 4 is 36.2 Å². The molecule has 0 nitrogen and oxygen atoms in total. The van der Waals surface area contributed by atoms with Gasteiger partial charge in [-0.3, -0.25) is 0 Å². The van der Waals surface area contributed by atoms with Gasteiger partial charge < -0.3 is 0 Å². The van der Waals surface area contributed by atoms with Gasteiger partial charge in [0.1, 0.15) is 0 Å². The van der Waals surface area contributed by atoms with Gasteiger partial charge in [-0.05, 0) is 24.7 Å². The monoisotopic (exact) mass is 168 g/mol. The fourth-order valence-electron chi connectivity index (χ4n) is 0.337. The van der Waals surface area contributed by atoms with Crippen LogP contribution in [-0.4, -0.2) is 22.8 Å². The Bertz CT molecular complexity index is 46.9. The number of hydrogen-bond acceptors (Lipinski definition) is 3. The summed E-state index contributed by atoms with van der Waals surface area (Å²) < 4.78 is 0.544. The fraction of sp³-hybridized carbons (Fsp3) is 1.00. The molecular weight excluding hydrogens is 156 g/mol. The molecule has 0 aliphatic heterocycles. The topological polar surface area (TPSA) is 0 Å². The largest absolute Gasteiger partial charge is 0.165 e. The van der Waals surface area contributed by atoms with E-state index in [9.17, 15) is 0 Å². The van der Waals surface area contributed by atoms with Crippen molar-refractivity contribution in [3.63, 3.8) is 0 Å². The molecule has 0 aliphatic carbocycles. The van der Waals surface area contributed by atoms with E-state index in [-0.39, 0.29) is 0 Å². The van der Waals surface area contributed by atoms with E-state index in [1.54, 1.807) is 0 Å². The zero-order valence-corrected chi connectivity index (χ0v) is 7.78. The van der Waals surface area contributed by atoms with Crippen molar-refractivity contribution in [2.24, 2.45) is 0 Å². The Kier molecular flexibility index (Phi) is 6.98. The number of thioether (sulfide) groups is 2. The van der Waals surface area contributed by atoms with Crippen molar-refractivity contribution in [1.29, 1.82) is 0 Å². The molecule has 0 saturated heterocycles. The molecule has 0 aromatic carbocycles. The zero-order chi connectivity index (χ0) is 6.41. The number of hydrogen-bond donors (Lipinski definition) is 1. The first-order valence-electron chi connectivity index (χ1n) is 2.51. The second-order valence-electron chi connectivity index (χ2n) is 1.47. The van der Waals surface area contributed by atoms with E-state index in [2.05, 4.69) is 25.1 Å². The van der Waals surface area contributed by atoms with Gasteiger partial charge in [-0.1, -0.05) is 0 Å². The van der Waals surface area contributed by atoms with Crippen LogP contribution in [0.2, 0.25) is 0 Å². The van der Waals surface area contributed by atoms with Crippen molar-refractivity contribution < 1.29 is 0 Å². The summed E-state index contributed by atoms with van der Waals surface area (Å²) in [5.74, 6) is 1.23. The lowest BCUT2D eigenvalue weighted by molar-refractivity contribution is 1.08. The van der Waals surface area contributed by atoms with E-state index in [0.29, 0.717) is 4.58 Å². The van der Waals surface area contributed by atoms with Crippen molar-refractivity contribution in [2.45, 2.75) is 11.0 Å². The average molecular weight is 168 g/mol. The van der Waals surface area contributed by atoms with Crippen molar-refractivity contribution in [3.05, 3.63) is 0 Å². The summed E-state index contributed by atoms with van der Waals surface area (Å²) in [6.45, 7) is 0. The fourth-order valence-corrected chi connectivity index (χ4v) is 1.61. The highest BCUT2D eigenvalue weighted by Gasteiger charge is 1.96. The Balaban J connectivity index is 2.86. The predicted octanol–water partition coefficient (Wildman–Crippen LogP) is 2.36. The molecular formula is C5H12S3. The van der Waals surface area contributed by atoms with Crippen LogP contribution in [-0.2, 0) is 0 Å². The smallest absolute Gasteiger partial charge is 0.0477 e. The average Bonchev–Trinajstić information content (AvgIpc) is 1.83. The third kappa shape index (κ3) is 5.19. The quantitative estimate of drug-likeness (QED) is 0.505. The molecule has 0 aliphatic rings. The minimum Gasteiger partial charge on any atom is -0.165 e. The summed E-state index contributed by atoms with van der Waals surface area (Å²) in [5.41, 5.74) is 0. The van der Waals surface area contributed by atoms with E-state index in [1.165, 1.54) is 12.2 Å². The summed E-state index contributed by atoms with van der Waals surface area (Å²) in [6, 6.07) is 0. The maximum Gasteiger partial charge on any atom is 0.0477 e. The van der Waals surface area contributed by atoms with Gasteiger partial charge >= 0.3 is 0 Å². The maximum absolute atomic E-state index is 4.31. The van der Waals surface area contributed by atoms with Gasteiger partial charge in [0.2, 0.25) is 0 Å². The molecule has 0 bridgehead atoms. The molecule has 8 heavy (non-hydrogen) atoms. The minimum atomic E-state index is 0.544. The molecule has 0 spiro atoms. The van der Waals surface area contributed by atoms with Crippen molar-refractivity contribution in [1.82, 2.24) is 0 Å². The predicted molar refractivity (Wildman–Crippen MR) is 49.3 cm³/mol. The lowest BCUT2D eigenvalue weighted by Gasteiger charge is -2.03. The van der Waals surface area contributed by atoms with Crippen LogP contribution in [0.25, 0.3) is 0 Å². The Morgan fingerprint density at radius 1 is 1.50 bits per heavy atom. The standard InChI is InChI=1S/C5H12S3/c1-7-4-3-5(6)8-2/h5-6H,3-4H2,1-2H3. The zero-order valence-electron chi connectivity index (χ0n) is 5.26. The summed E-state index contributed by atoms with van der Waals surface area (Å²) in [6.07, 6.45) is 5.43. The highest BCUT2D eigenvalue weighted by Crippen LogP contribution is 2.16.